The summed E-state index contributed by atoms with van der Waals surface area (Å²) in [4.78, 5) is 2.65. The molecular weight excluding hydrogens is 224 g/mol. The molecule has 1 aliphatic carbocycles. The van der Waals surface area contributed by atoms with E-state index < -0.39 is 0 Å². The van der Waals surface area contributed by atoms with E-state index in [0.717, 1.165) is 24.4 Å². The summed E-state index contributed by atoms with van der Waals surface area (Å²) in [6, 6.07) is 0. The first-order valence-electron chi connectivity index (χ1n) is 7.60. The molecule has 104 valence electrons. The second kappa shape index (κ2) is 4.46. The van der Waals surface area contributed by atoms with Crippen LogP contribution in [0.4, 0.5) is 0 Å². The lowest BCUT2D eigenvalue weighted by Crippen LogP contribution is -2.52. The van der Waals surface area contributed by atoms with Crippen molar-refractivity contribution in [3.8, 4) is 0 Å². The number of nitrogens with one attached hydrogen (secondary N) is 1. The Labute approximate surface area is 111 Å². The van der Waals surface area contributed by atoms with Crippen molar-refractivity contribution in [2.24, 2.45) is 11.3 Å². The quantitative estimate of drug-likeness (QED) is 0.812. The first-order chi connectivity index (χ1) is 8.49. The van der Waals surface area contributed by atoms with Crippen LogP contribution in [0, 0.1) is 11.3 Å². The van der Waals surface area contributed by atoms with Crippen molar-refractivity contribution in [2.45, 2.75) is 51.7 Å². The lowest BCUT2D eigenvalue weighted by molar-refractivity contribution is -0.130. The van der Waals surface area contributed by atoms with Crippen molar-refractivity contribution >= 4 is 0 Å². The molecule has 0 aromatic heterocycles. The highest BCUT2D eigenvalue weighted by Gasteiger charge is 2.54. The highest BCUT2D eigenvalue weighted by Crippen LogP contribution is 2.58. The van der Waals surface area contributed by atoms with Gasteiger partial charge < -0.3 is 10.1 Å². The molecule has 0 amide bonds. The zero-order valence-electron chi connectivity index (χ0n) is 12.2. The second-order valence-electron chi connectivity index (χ2n) is 7.40. The number of piperidine rings is 1. The lowest BCUT2D eigenvalue weighted by atomic mass is 9.91. The van der Waals surface area contributed by atoms with Crippen LogP contribution in [0.5, 0.6) is 0 Å². The fourth-order valence-electron chi connectivity index (χ4n) is 4.26. The van der Waals surface area contributed by atoms with Gasteiger partial charge in [-0.05, 0) is 64.5 Å². The number of ether oxygens (including phenoxy) is 1. The number of rotatable bonds is 2. The van der Waals surface area contributed by atoms with Gasteiger partial charge in [-0.25, -0.2) is 0 Å². The number of nitrogens with zero attached hydrogens (tertiary/aromatic N) is 1. The SMILES string of the molecule is CC1CN(CC2CC23CCNCC3)CC(C)(C)O1. The van der Waals surface area contributed by atoms with Crippen molar-refractivity contribution in [3.05, 3.63) is 0 Å². The van der Waals surface area contributed by atoms with Crippen LogP contribution in [0.25, 0.3) is 0 Å². The molecule has 3 heteroatoms. The summed E-state index contributed by atoms with van der Waals surface area (Å²) in [5, 5.41) is 3.49. The third-order valence-electron chi connectivity index (χ3n) is 5.08. The van der Waals surface area contributed by atoms with Crippen LogP contribution >= 0.6 is 0 Å². The third kappa shape index (κ3) is 2.59. The van der Waals surface area contributed by atoms with E-state index in [1.807, 2.05) is 0 Å². The highest BCUT2D eigenvalue weighted by molar-refractivity contribution is 5.05. The first kappa shape index (κ1) is 12.9. The van der Waals surface area contributed by atoms with Gasteiger partial charge in [-0.1, -0.05) is 0 Å². The third-order valence-corrected chi connectivity index (χ3v) is 5.08. The average molecular weight is 252 g/mol. The van der Waals surface area contributed by atoms with Crippen molar-refractivity contribution in [2.75, 3.05) is 32.7 Å². The number of hydrogen-bond acceptors (Lipinski definition) is 3. The van der Waals surface area contributed by atoms with Gasteiger partial charge in [-0.2, -0.15) is 0 Å². The molecule has 0 aromatic carbocycles. The normalized spacial score (nSPS) is 38.8. The highest BCUT2D eigenvalue weighted by atomic mass is 16.5. The molecule has 1 spiro atoms. The van der Waals surface area contributed by atoms with Gasteiger partial charge in [0.1, 0.15) is 0 Å². The van der Waals surface area contributed by atoms with Gasteiger partial charge in [0.15, 0.2) is 0 Å². The summed E-state index contributed by atoms with van der Waals surface area (Å²) in [5.41, 5.74) is 0.755. The minimum atomic E-state index is 0.0356. The number of hydrogen-bond donors (Lipinski definition) is 1. The first-order valence-corrected chi connectivity index (χ1v) is 7.60. The Kier molecular flexibility index (Phi) is 3.20. The maximum absolute atomic E-state index is 5.99. The van der Waals surface area contributed by atoms with E-state index in [-0.39, 0.29) is 5.60 Å². The molecule has 0 bridgehead atoms. The zero-order chi connectivity index (χ0) is 12.8. The fraction of sp³-hybridized carbons (Fsp3) is 1.00. The second-order valence-corrected chi connectivity index (χ2v) is 7.40. The molecule has 18 heavy (non-hydrogen) atoms. The number of morpholine rings is 1. The van der Waals surface area contributed by atoms with Gasteiger partial charge in [0.2, 0.25) is 0 Å². The van der Waals surface area contributed by atoms with E-state index in [1.165, 1.54) is 38.9 Å². The fourth-order valence-corrected chi connectivity index (χ4v) is 4.26. The maximum atomic E-state index is 5.99. The summed E-state index contributed by atoms with van der Waals surface area (Å²) in [6.45, 7) is 12.7. The van der Waals surface area contributed by atoms with E-state index in [1.54, 1.807) is 0 Å². The van der Waals surface area contributed by atoms with E-state index >= 15 is 0 Å². The molecular formula is C15H28N2O. The molecule has 3 rings (SSSR count). The lowest BCUT2D eigenvalue weighted by Gasteiger charge is -2.42. The van der Waals surface area contributed by atoms with Crippen molar-refractivity contribution in [3.63, 3.8) is 0 Å². The van der Waals surface area contributed by atoms with Gasteiger partial charge >= 0.3 is 0 Å². The Morgan fingerprint density at radius 1 is 1.28 bits per heavy atom. The molecule has 2 atom stereocenters. The van der Waals surface area contributed by atoms with Gasteiger partial charge in [0.05, 0.1) is 11.7 Å². The van der Waals surface area contributed by atoms with Crippen LogP contribution in [0.15, 0.2) is 0 Å². The molecule has 3 nitrogen and oxygen atoms in total. The van der Waals surface area contributed by atoms with Crippen LogP contribution in [-0.2, 0) is 4.74 Å². The monoisotopic (exact) mass is 252 g/mol. The van der Waals surface area contributed by atoms with E-state index in [4.69, 9.17) is 4.74 Å². The molecule has 2 aliphatic heterocycles. The Hall–Kier alpha value is -0.120. The van der Waals surface area contributed by atoms with Crippen LogP contribution in [0.3, 0.4) is 0 Å². The standard InChI is InChI=1S/C15H28N2O/c1-12-9-17(11-14(2,3)18-12)10-13-8-15(13)4-6-16-7-5-15/h12-13,16H,4-11H2,1-3H3. The minimum Gasteiger partial charge on any atom is -0.370 e. The van der Waals surface area contributed by atoms with Crippen molar-refractivity contribution < 1.29 is 4.74 Å². The molecule has 2 heterocycles. The Bertz CT molecular complexity index is 310. The van der Waals surface area contributed by atoms with Crippen LogP contribution in [0.2, 0.25) is 0 Å². The van der Waals surface area contributed by atoms with E-state index in [0.29, 0.717) is 6.10 Å². The summed E-state index contributed by atoms with van der Waals surface area (Å²) in [7, 11) is 0. The summed E-state index contributed by atoms with van der Waals surface area (Å²) in [6.07, 6.45) is 4.67. The summed E-state index contributed by atoms with van der Waals surface area (Å²) >= 11 is 0. The Balaban J connectivity index is 1.54. The summed E-state index contributed by atoms with van der Waals surface area (Å²) < 4.78 is 5.99. The predicted octanol–water partition coefficient (Wildman–Crippen LogP) is 1.88. The molecule has 2 saturated heterocycles. The largest absolute Gasteiger partial charge is 0.370 e. The van der Waals surface area contributed by atoms with Crippen LogP contribution in [0.1, 0.15) is 40.0 Å². The molecule has 3 aliphatic rings. The smallest absolute Gasteiger partial charge is 0.0757 e. The molecule has 0 aromatic rings. The van der Waals surface area contributed by atoms with Gasteiger partial charge in [0, 0.05) is 19.6 Å². The van der Waals surface area contributed by atoms with Crippen LogP contribution in [-0.4, -0.2) is 49.3 Å². The van der Waals surface area contributed by atoms with Crippen molar-refractivity contribution in [1.82, 2.24) is 10.2 Å². The Morgan fingerprint density at radius 3 is 2.67 bits per heavy atom. The zero-order valence-corrected chi connectivity index (χ0v) is 12.2. The predicted molar refractivity (Wildman–Crippen MR) is 73.7 cm³/mol. The van der Waals surface area contributed by atoms with Crippen LogP contribution < -0.4 is 5.32 Å². The maximum Gasteiger partial charge on any atom is 0.0757 e. The molecule has 1 N–H and O–H groups in total. The van der Waals surface area contributed by atoms with Gasteiger partial charge in [-0.3, -0.25) is 4.90 Å². The van der Waals surface area contributed by atoms with E-state index in [2.05, 4.69) is 31.0 Å². The molecule has 0 radical (unpaired) electrons. The average Bonchev–Trinajstić information content (AvgIpc) is 2.88. The van der Waals surface area contributed by atoms with Gasteiger partial charge in [-0.15, -0.1) is 0 Å². The molecule has 2 unspecified atom stereocenters. The molecule has 3 fully saturated rings. The minimum absolute atomic E-state index is 0.0356. The van der Waals surface area contributed by atoms with E-state index in [9.17, 15) is 0 Å². The Morgan fingerprint density at radius 2 is 2.00 bits per heavy atom. The topological polar surface area (TPSA) is 24.5 Å². The summed E-state index contributed by atoms with van der Waals surface area (Å²) in [5.74, 6) is 0.959. The molecule has 1 saturated carbocycles. The van der Waals surface area contributed by atoms with Gasteiger partial charge in [0.25, 0.3) is 0 Å². The van der Waals surface area contributed by atoms with Crippen molar-refractivity contribution in [1.29, 1.82) is 0 Å².